The van der Waals surface area contributed by atoms with Gasteiger partial charge in [0.2, 0.25) is 10.0 Å². The summed E-state index contributed by atoms with van der Waals surface area (Å²) < 4.78 is 24.3. The van der Waals surface area contributed by atoms with Crippen molar-refractivity contribution >= 4 is 21.8 Å². The van der Waals surface area contributed by atoms with E-state index in [0.717, 1.165) is 16.1 Å². The molecule has 1 heterocycles. The van der Waals surface area contributed by atoms with Gasteiger partial charge in [0.05, 0.1) is 12.2 Å². The number of sulfonamides is 1. The average molecular weight is 272 g/mol. The Labute approximate surface area is 106 Å². The molecule has 0 aromatic carbocycles. The molecule has 0 amide bonds. The van der Waals surface area contributed by atoms with Gasteiger partial charge in [0.1, 0.15) is 5.82 Å². The van der Waals surface area contributed by atoms with Gasteiger partial charge >= 0.3 is 5.97 Å². The Kier molecular flexibility index (Phi) is 4.28. The molecular weight excluding hydrogens is 256 g/mol. The molecule has 18 heavy (non-hydrogen) atoms. The van der Waals surface area contributed by atoms with Crippen molar-refractivity contribution in [2.45, 2.75) is 13.8 Å². The van der Waals surface area contributed by atoms with Crippen LogP contribution in [0.5, 0.6) is 0 Å². The third kappa shape index (κ3) is 3.69. The fourth-order valence-electron chi connectivity index (χ4n) is 1.33. The smallest absolute Gasteiger partial charge is 0.308 e. The van der Waals surface area contributed by atoms with Crippen LogP contribution in [0.2, 0.25) is 0 Å². The fraction of sp³-hybridized carbons (Fsp3) is 0.455. The zero-order valence-electron chi connectivity index (χ0n) is 10.5. The van der Waals surface area contributed by atoms with Gasteiger partial charge in [0.25, 0.3) is 0 Å². The van der Waals surface area contributed by atoms with Crippen LogP contribution < -0.4 is 4.31 Å². The second kappa shape index (κ2) is 5.34. The van der Waals surface area contributed by atoms with Crippen molar-refractivity contribution in [2.24, 2.45) is 5.92 Å². The lowest BCUT2D eigenvalue weighted by Gasteiger charge is -2.23. The van der Waals surface area contributed by atoms with Gasteiger partial charge in [-0.3, -0.25) is 9.10 Å². The van der Waals surface area contributed by atoms with E-state index in [1.807, 2.05) is 6.92 Å². The third-order valence-corrected chi connectivity index (χ3v) is 3.55. The summed E-state index contributed by atoms with van der Waals surface area (Å²) in [5.74, 6) is -1.62. The lowest BCUT2D eigenvalue weighted by molar-refractivity contribution is -0.140. The van der Waals surface area contributed by atoms with Crippen molar-refractivity contribution in [3.8, 4) is 0 Å². The van der Waals surface area contributed by atoms with E-state index in [2.05, 4.69) is 4.98 Å². The van der Waals surface area contributed by atoms with Gasteiger partial charge in [-0.25, -0.2) is 13.4 Å². The zero-order chi connectivity index (χ0) is 13.9. The highest BCUT2D eigenvalue weighted by molar-refractivity contribution is 7.92. The summed E-state index contributed by atoms with van der Waals surface area (Å²) in [5, 5.41) is 8.85. The lowest BCUT2D eigenvalue weighted by Crippen LogP contribution is -2.36. The summed E-state index contributed by atoms with van der Waals surface area (Å²) in [7, 11) is -3.55. The van der Waals surface area contributed by atoms with Crippen molar-refractivity contribution in [1.29, 1.82) is 0 Å². The summed E-state index contributed by atoms with van der Waals surface area (Å²) in [4.78, 5) is 14.8. The quantitative estimate of drug-likeness (QED) is 0.859. The highest BCUT2D eigenvalue weighted by Gasteiger charge is 2.24. The van der Waals surface area contributed by atoms with Crippen LogP contribution in [0, 0.1) is 12.8 Å². The molecule has 0 bridgehead atoms. The van der Waals surface area contributed by atoms with Crippen molar-refractivity contribution in [2.75, 3.05) is 17.1 Å². The molecule has 0 radical (unpaired) electrons. The monoisotopic (exact) mass is 272 g/mol. The van der Waals surface area contributed by atoms with E-state index in [1.165, 1.54) is 6.92 Å². The number of rotatable bonds is 5. The van der Waals surface area contributed by atoms with E-state index in [1.54, 1.807) is 18.3 Å². The van der Waals surface area contributed by atoms with Gasteiger partial charge in [-0.15, -0.1) is 0 Å². The second-order valence-corrected chi connectivity index (χ2v) is 6.13. The number of aryl methyl sites for hydroxylation is 1. The number of nitrogens with zero attached hydrogens (tertiary/aromatic N) is 2. The van der Waals surface area contributed by atoms with Gasteiger partial charge < -0.3 is 5.11 Å². The van der Waals surface area contributed by atoms with Crippen LogP contribution in [0.3, 0.4) is 0 Å². The molecular formula is C11H16N2O4S. The van der Waals surface area contributed by atoms with E-state index in [4.69, 9.17) is 5.11 Å². The van der Waals surface area contributed by atoms with E-state index in [9.17, 15) is 13.2 Å². The Bertz CT molecular complexity index is 524. The highest BCUT2D eigenvalue weighted by atomic mass is 32.2. The van der Waals surface area contributed by atoms with Crippen LogP contribution in [-0.4, -0.2) is 37.3 Å². The van der Waals surface area contributed by atoms with Gasteiger partial charge in [-0.1, -0.05) is 13.0 Å². The largest absolute Gasteiger partial charge is 0.481 e. The number of carbonyl (C=O) groups is 1. The summed E-state index contributed by atoms with van der Waals surface area (Å²) in [5.41, 5.74) is 0.901. The van der Waals surface area contributed by atoms with Gasteiger partial charge in [-0.2, -0.15) is 0 Å². The predicted molar refractivity (Wildman–Crippen MR) is 68.0 cm³/mol. The highest BCUT2D eigenvalue weighted by Crippen LogP contribution is 2.16. The number of carboxylic acid groups (broad SMARTS) is 1. The van der Waals surface area contributed by atoms with Gasteiger partial charge in [-0.05, 0) is 18.6 Å². The van der Waals surface area contributed by atoms with Crippen molar-refractivity contribution in [3.05, 3.63) is 23.9 Å². The van der Waals surface area contributed by atoms with E-state index >= 15 is 0 Å². The number of carboxylic acids is 1. The third-order valence-electron chi connectivity index (χ3n) is 2.41. The van der Waals surface area contributed by atoms with Crippen molar-refractivity contribution in [3.63, 3.8) is 0 Å². The molecule has 0 aliphatic carbocycles. The maximum absolute atomic E-state index is 11.7. The number of pyridine rings is 1. The number of anilines is 1. The SMILES string of the molecule is Cc1ccc(N(CC(C)C(=O)O)S(C)(=O)=O)nc1. The number of hydrogen-bond acceptors (Lipinski definition) is 4. The summed E-state index contributed by atoms with van der Waals surface area (Å²) >= 11 is 0. The second-order valence-electron chi connectivity index (χ2n) is 4.23. The standard InChI is InChI=1S/C11H16N2O4S/c1-8-4-5-10(12-6-8)13(18(3,16)17)7-9(2)11(14)15/h4-6,9H,7H2,1-3H3,(H,14,15). The van der Waals surface area contributed by atoms with Crippen LogP contribution in [-0.2, 0) is 14.8 Å². The molecule has 0 fully saturated rings. The molecule has 1 rings (SSSR count). The molecule has 1 aromatic heterocycles. The first-order valence-corrected chi connectivity index (χ1v) is 7.20. The summed E-state index contributed by atoms with van der Waals surface area (Å²) in [6.45, 7) is 3.15. The Morgan fingerprint density at radius 3 is 2.50 bits per heavy atom. The Balaban J connectivity index is 3.07. The normalized spacial score (nSPS) is 13.1. The van der Waals surface area contributed by atoms with Crippen molar-refractivity contribution < 1.29 is 18.3 Å². The van der Waals surface area contributed by atoms with E-state index < -0.39 is 21.9 Å². The molecule has 0 saturated heterocycles. The maximum atomic E-state index is 11.7. The van der Waals surface area contributed by atoms with E-state index in [0.29, 0.717) is 0 Å². The van der Waals surface area contributed by atoms with E-state index in [-0.39, 0.29) is 12.4 Å². The molecule has 100 valence electrons. The summed E-state index contributed by atoms with van der Waals surface area (Å²) in [6.07, 6.45) is 2.57. The molecule has 1 aromatic rings. The maximum Gasteiger partial charge on any atom is 0.308 e. The van der Waals surface area contributed by atoms with Crippen LogP contribution in [0.1, 0.15) is 12.5 Å². The molecule has 1 unspecified atom stereocenters. The molecule has 7 heteroatoms. The molecule has 0 spiro atoms. The predicted octanol–water partition coefficient (Wildman–Crippen LogP) is 0.877. The van der Waals surface area contributed by atoms with Crippen molar-refractivity contribution in [1.82, 2.24) is 4.98 Å². The van der Waals surface area contributed by atoms with Gasteiger partial charge in [0, 0.05) is 12.7 Å². The minimum Gasteiger partial charge on any atom is -0.481 e. The fourth-order valence-corrected chi connectivity index (χ4v) is 2.28. The van der Waals surface area contributed by atoms with Crippen LogP contribution >= 0.6 is 0 Å². The molecule has 0 aliphatic rings. The molecule has 6 nitrogen and oxygen atoms in total. The molecule has 0 saturated carbocycles. The molecule has 1 N–H and O–H groups in total. The first-order chi connectivity index (χ1) is 8.21. The zero-order valence-corrected chi connectivity index (χ0v) is 11.3. The van der Waals surface area contributed by atoms with Gasteiger partial charge in [0.15, 0.2) is 0 Å². The molecule has 1 atom stereocenters. The van der Waals surface area contributed by atoms with Crippen LogP contribution in [0.15, 0.2) is 18.3 Å². The first kappa shape index (κ1) is 14.4. The molecule has 0 aliphatic heterocycles. The number of hydrogen-bond donors (Lipinski definition) is 1. The number of aromatic nitrogens is 1. The average Bonchev–Trinajstić information content (AvgIpc) is 2.25. The Morgan fingerprint density at radius 1 is 1.50 bits per heavy atom. The Hall–Kier alpha value is -1.63. The minimum absolute atomic E-state index is 0.135. The topological polar surface area (TPSA) is 87.6 Å². The minimum atomic E-state index is -3.55. The summed E-state index contributed by atoms with van der Waals surface area (Å²) in [6, 6.07) is 3.29. The first-order valence-electron chi connectivity index (χ1n) is 5.35. The number of aliphatic carboxylic acids is 1. The Morgan fingerprint density at radius 2 is 2.11 bits per heavy atom. The lowest BCUT2D eigenvalue weighted by atomic mass is 10.2. The van der Waals surface area contributed by atoms with Crippen LogP contribution in [0.4, 0.5) is 5.82 Å². The van der Waals surface area contributed by atoms with Crippen LogP contribution in [0.25, 0.3) is 0 Å².